The molecule has 0 aromatic heterocycles. The van der Waals surface area contributed by atoms with Gasteiger partial charge in [-0.25, -0.2) is 0 Å². The Hall–Kier alpha value is -1.61. The molecule has 2 nitrogen and oxygen atoms in total. The van der Waals surface area contributed by atoms with Crippen molar-refractivity contribution in [3.05, 3.63) is 54.1 Å². The van der Waals surface area contributed by atoms with Crippen molar-refractivity contribution in [2.45, 2.75) is 13.3 Å². The van der Waals surface area contributed by atoms with Gasteiger partial charge in [-0.3, -0.25) is 4.79 Å². The molecule has 104 valence electrons. The van der Waals surface area contributed by atoms with Gasteiger partial charge >= 0.3 is 0 Å². The molecule has 2 aromatic rings. The Morgan fingerprint density at radius 1 is 1.00 bits per heavy atom. The van der Waals surface area contributed by atoms with Crippen molar-refractivity contribution < 1.29 is 9.53 Å². The Morgan fingerprint density at radius 3 is 2.05 bits per heavy atom. The second-order valence-corrected chi connectivity index (χ2v) is 5.07. The van der Waals surface area contributed by atoms with Gasteiger partial charge in [-0.15, -0.1) is 0 Å². The SMILES string of the molecule is CCCOc1ccc(-c2ccc(C(=O)CBr)cc2)cc1. The smallest absolute Gasteiger partial charge is 0.173 e. The summed E-state index contributed by atoms with van der Waals surface area (Å²) in [5.41, 5.74) is 2.94. The molecule has 0 heterocycles. The Morgan fingerprint density at radius 2 is 1.55 bits per heavy atom. The highest BCUT2D eigenvalue weighted by atomic mass is 79.9. The van der Waals surface area contributed by atoms with Gasteiger partial charge in [0.1, 0.15) is 5.75 Å². The van der Waals surface area contributed by atoms with Gasteiger partial charge in [0, 0.05) is 5.56 Å². The van der Waals surface area contributed by atoms with Gasteiger partial charge in [0.05, 0.1) is 11.9 Å². The second-order valence-electron chi connectivity index (χ2n) is 4.51. The molecule has 2 aromatic carbocycles. The molecule has 0 amide bonds. The van der Waals surface area contributed by atoms with E-state index in [2.05, 4.69) is 22.9 Å². The van der Waals surface area contributed by atoms with Crippen molar-refractivity contribution in [3.63, 3.8) is 0 Å². The Kier molecular flexibility index (Phi) is 5.36. The first-order valence-electron chi connectivity index (χ1n) is 6.67. The number of ketones is 1. The number of hydrogen-bond acceptors (Lipinski definition) is 2. The van der Waals surface area contributed by atoms with E-state index in [-0.39, 0.29) is 5.78 Å². The molecule has 0 spiro atoms. The maximum absolute atomic E-state index is 11.5. The van der Waals surface area contributed by atoms with Crippen molar-refractivity contribution in [1.29, 1.82) is 0 Å². The molecule has 0 aliphatic rings. The Labute approximate surface area is 127 Å². The Bertz CT molecular complexity index is 559. The summed E-state index contributed by atoms with van der Waals surface area (Å²) < 4.78 is 5.56. The highest BCUT2D eigenvalue weighted by Gasteiger charge is 2.04. The number of carbonyl (C=O) groups is 1. The van der Waals surface area contributed by atoms with Gasteiger partial charge in [0.15, 0.2) is 5.78 Å². The average molecular weight is 333 g/mol. The first kappa shape index (κ1) is 14.8. The summed E-state index contributed by atoms with van der Waals surface area (Å²) in [5.74, 6) is 0.988. The number of carbonyl (C=O) groups excluding carboxylic acids is 1. The van der Waals surface area contributed by atoms with E-state index in [9.17, 15) is 4.79 Å². The second kappa shape index (κ2) is 7.25. The van der Waals surface area contributed by atoms with Gasteiger partial charge in [0.2, 0.25) is 0 Å². The quantitative estimate of drug-likeness (QED) is 0.565. The zero-order chi connectivity index (χ0) is 14.4. The van der Waals surface area contributed by atoms with Gasteiger partial charge in [0.25, 0.3) is 0 Å². The van der Waals surface area contributed by atoms with Crippen molar-refractivity contribution in [2.24, 2.45) is 0 Å². The standard InChI is InChI=1S/C17H17BrO2/c1-2-11-20-16-9-7-14(8-10-16)13-3-5-15(6-4-13)17(19)12-18/h3-10H,2,11-12H2,1H3. The summed E-state index contributed by atoms with van der Waals surface area (Å²) >= 11 is 3.18. The molecule has 0 aliphatic carbocycles. The van der Waals surface area contributed by atoms with Crippen LogP contribution in [0.5, 0.6) is 5.75 Å². The number of hydrogen-bond donors (Lipinski definition) is 0. The summed E-state index contributed by atoms with van der Waals surface area (Å²) in [6.07, 6.45) is 1.00. The lowest BCUT2D eigenvalue weighted by atomic mass is 10.0. The third-order valence-corrected chi connectivity index (χ3v) is 3.50. The molecule has 0 saturated heterocycles. The van der Waals surface area contributed by atoms with E-state index in [1.165, 1.54) is 0 Å². The van der Waals surface area contributed by atoms with Crippen LogP contribution in [-0.4, -0.2) is 17.7 Å². The predicted octanol–water partition coefficient (Wildman–Crippen LogP) is 4.72. The Balaban J connectivity index is 2.13. The molecule has 0 N–H and O–H groups in total. The lowest BCUT2D eigenvalue weighted by molar-refractivity contribution is 0.102. The largest absolute Gasteiger partial charge is 0.494 e. The lowest BCUT2D eigenvalue weighted by Crippen LogP contribution is -1.99. The molecular weight excluding hydrogens is 316 g/mol. The van der Waals surface area contributed by atoms with Crippen LogP contribution < -0.4 is 4.74 Å². The third-order valence-electron chi connectivity index (χ3n) is 2.99. The van der Waals surface area contributed by atoms with Gasteiger partial charge in [-0.1, -0.05) is 59.3 Å². The number of ether oxygens (including phenoxy) is 1. The van der Waals surface area contributed by atoms with E-state index in [1.807, 2.05) is 48.5 Å². The summed E-state index contributed by atoms with van der Waals surface area (Å²) in [6.45, 7) is 2.83. The monoisotopic (exact) mass is 332 g/mol. The normalized spacial score (nSPS) is 10.3. The number of benzene rings is 2. The van der Waals surface area contributed by atoms with Crippen LogP contribution in [0.15, 0.2) is 48.5 Å². The van der Waals surface area contributed by atoms with Crippen molar-refractivity contribution in [3.8, 4) is 16.9 Å². The topological polar surface area (TPSA) is 26.3 Å². The summed E-state index contributed by atoms with van der Waals surface area (Å²) in [4.78, 5) is 11.5. The minimum atomic E-state index is 0.0971. The number of alkyl halides is 1. The zero-order valence-electron chi connectivity index (χ0n) is 11.4. The highest BCUT2D eigenvalue weighted by Crippen LogP contribution is 2.23. The summed E-state index contributed by atoms with van der Waals surface area (Å²) in [7, 11) is 0. The number of rotatable bonds is 6. The maximum Gasteiger partial charge on any atom is 0.173 e. The van der Waals surface area contributed by atoms with Gasteiger partial charge < -0.3 is 4.74 Å². The zero-order valence-corrected chi connectivity index (χ0v) is 13.0. The minimum absolute atomic E-state index is 0.0971. The van der Waals surface area contributed by atoms with Crippen LogP contribution in [0.3, 0.4) is 0 Å². The van der Waals surface area contributed by atoms with Crippen LogP contribution in [0.25, 0.3) is 11.1 Å². The van der Waals surface area contributed by atoms with Crippen LogP contribution in [0.2, 0.25) is 0 Å². The van der Waals surface area contributed by atoms with E-state index in [0.717, 1.165) is 35.5 Å². The van der Waals surface area contributed by atoms with Crippen LogP contribution in [0.4, 0.5) is 0 Å². The molecule has 0 radical (unpaired) electrons. The van der Waals surface area contributed by atoms with E-state index < -0.39 is 0 Å². The van der Waals surface area contributed by atoms with Crippen LogP contribution >= 0.6 is 15.9 Å². The first-order chi connectivity index (χ1) is 9.74. The summed E-state index contributed by atoms with van der Waals surface area (Å²) in [5, 5.41) is 0.357. The van der Waals surface area contributed by atoms with Crippen molar-refractivity contribution in [2.75, 3.05) is 11.9 Å². The van der Waals surface area contributed by atoms with Gasteiger partial charge in [-0.2, -0.15) is 0 Å². The minimum Gasteiger partial charge on any atom is -0.494 e. The summed E-state index contributed by atoms with van der Waals surface area (Å²) in [6, 6.07) is 15.7. The molecule has 20 heavy (non-hydrogen) atoms. The van der Waals surface area contributed by atoms with E-state index in [4.69, 9.17) is 4.74 Å². The highest BCUT2D eigenvalue weighted by molar-refractivity contribution is 9.09. The van der Waals surface area contributed by atoms with Gasteiger partial charge in [-0.05, 0) is 29.7 Å². The van der Waals surface area contributed by atoms with Crippen LogP contribution in [-0.2, 0) is 0 Å². The van der Waals surface area contributed by atoms with E-state index in [1.54, 1.807) is 0 Å². The molecule has 0 atom stereocenters. The van der Waals surface area contributed by atoms with Crippen LogP contribution in [0, 0.1) is 0 Å². The number of Topliss-reactive ketones (excluding diaryl/α,β-unsaturated/α-hetero) is 1. The molecule has 0 bridgehead atoms. The number of halogens is 1. The van der Waals surface area contributed by atoms with E-state index in [0.29, 0.717) is 5.33 Å². The molecular formula is C17H17BrO2. The molecule has 0 unspecified atom stereocenters. The maximum atomic E-state index is 11.5. The molecule has 0 saturated carbocycles. The fourth-order valence-corrected chi connectivity index (χ4v) is 2.21. The molecule has 3 heteroatoms. The fraction of sp³-hybridized carbons (Fsp3) is 0.235. The fourth-order valence-electron chi connectivity index (χ4n) is 1.89. The third kappa shape index (κ3) is 3.70. The average Bonchev–Trinajstić information content (AvgIpc) is 2.53. The lowest BCUT2D eigenvalue weighted by Gasteiger charge is -2.06. The van der Waals surface area contributed by atoms with E-state index >= 15 is 0 Å². The van der Waals surface area contributed by atoms with Crippen molar-refractivity contribution in [1.82, 2.24) is 0 Å². The molecule has 0 fully saturated rings. The first-order valence-corrected chi connectivity index (χ1v) is 7.79. The van der Waals surface area contributed by atoms with Crippen molar-refractivity contribution >= 4 is 21.7 Å². The van der Waals surface area contributed by atoms with Crippen LogP contribution in [0.1, 0.15) is 23.7 Å². The molecule has 0 aliphatic heterocycles. The molecule has 2 rings (SSSR count). The predicted molar refractivity (Wildman–Crippen MR) is 85.8 cm³/mol.